The Morgan fingerprint density at radius 1 is 1.23 bits per heavy atom. The average molecular weight is 311 g/mol. The van der Waals surface area contributed by atoms with Gasteiger partial charge in [-0.2, -0.15) is 0 Å². The van der Waals surface area contributed by atoms with Crippen molar-refractivity contribution in [3.8, 4) is 0 Å². The molecule has 1 amide bonds. The molecule has 2 fully saturated rings. The third kappa shape index (κ3) is 4.45. The molecule has 22 heavy (non-hydrogen) atoms. The summed E-state index contributed by atoms with van der Waals surface area (Å²) in [6, 6.07) is 0.00313. The first kappa shape index (κ1) is 17.3. The molecular weight excluding hydrogens is 282 g/mol. The molecule has 3 unspecified atom stereocenters. The molecule has 2 N–H and O–H groups in total. The van der Waals surface area contributed by atoms with E-state index in [4.69, 9.17) is 9.84 Å². The van der Waals surface area contributed by atoms with Gasteiger partial charge in [0.1, 0.15) is 6.61 Å². The molecule has 5 heteroatoms. The Bertz CT molecular complexity index is 403. The van der Waals surface area contributed by atoms with Crippen molar-refractivity contribution < 1.29 is 19.4 Å². The van der Waals surface area contributed by atoms with Crippen LogP contribution in [0.5, 0.6) is 0 Å². The summed E-state index contributed by atoms with van der Waals surface area (Å²) in [5, 5.41) is 11.7. The second-order valence-corrected chi connectivity index (χ2v) is 7.45. The smallest absolute Gasteiger partial charge is 0.306 e. The lowest BCUT2D eigenvalue weighted by Crippen LogP contribution is -2.48. The van der Waals surface area contributed by atoms with Crippen LogP contribution in [0.4, 0.5) is 0 Å². The van der Waals surface area contributed by atoms with Gasteiger partial charge in [-0.05, 0) is 43.4 Å². The van der Waals surface area contributed by atoms with Crippen LogP contribution in [0.25, 0.3) is 0 Å². The predicted octanol–water partition coefficient (Wildman–Crippen LogP) is 2.44. The van der Waals surface area contributed by atoms with Gasteiger partial charge in [0.25, 0.3) is 0 Å². The van der Waals surface area contributed by atoms with Crippen molar-refractivity contribution in [3.05, 3.63) is 0 Å². The van der Waals surface area contributed by atoms with E-state index < -0.39 is 5.97 Å². The Kier molecular flexibility index (Phi) is 5.84. The van der Waals surface area contributed by atoms with Crippen LogP contribution in [-0.2, 0) is 14.3 Å². The molecule has 0 aliphatic heterocycles. The summed E-state index contributed by atoms with van der Waals surface area (Å²) >= 11 is 0. The van der Waals surface area contributed by atoms with Crippen molar-refractivity contribution in [2.75, 3.05) is 6.61 Å². The number of carbonyl (C=O) groups excluding carboxylic acids is 1. The molecule has 0 saturated heterocycles. The van der Waals surface area contributed by atoms with E-state index in [1.54, 1.807) is 0 Å². The van der Waals surface area contributed by atoms with Crippen LogP contribution in [-0.4, -0.2) is 35.7 Å². The normalized spacial score (nSPS) is 35.0. The first-order valence-electron chi connectivity index (χ1n) is 8.50. The molecule has 0 spiro atoms. The van der Waals surface area contributed by atoms with Gasteiger partial charge >= 0.3 is 5.97 Å². The van der Waals surface area contributed by atoms with E-state index in [1.807, 2.05) is 0 Å². The van der Waals surface area contributed by atoms with E-state index in [1.165, 1.54) is 12.8 Å². The molecule has 0 radical (unpaired) electrons. The monoisotopic (exact) mass is 311 g/mol. The lowest BCUT2D eigenvalue weighted by atomic mass is 9.75. The van der Waals surface area contributed by atoms with Crippen LogP contribution in [0.3, 0.4) is 0 Å². The molecule has 2 rings (SSSR count). The van der Waals surface area contributed by atoms with E-state index >= 15 is 0 Å². The molecule has 2 aliphatic rings. The first-order valence-corrected chi connectivity index (χ1v) is 8.50. The molecule has 0 aromatic heterocycles. The highest BCUT2D eigenvalue weighted by molar-refractivity contribution is 5.78. The minimum Gasteiger partial charge on any atom is -0.481 e. The number of carboxylic acid groups (broad SMARTS) is 1. The third-order valence-electron chi connectivity index (χ3n) is 5.24. The molecule has 2 saturated carbocycles. The van der Waals surface area contributed by atoms with Gasteiger partial charge in [0.05, 0.1) is 12.0 Å². The molecule has 0 aromatic carbocycles. The van der Waals surface area contributed by atoms with Crippen molar-refractivity contribution in [2.45, 2.75) is 65.0 Å². The van der Waals surface area contributed by atoms with Gasteiger partial charge in [0.2, 0.25) is 5.91 Å². The second-order valence-electron chi connectivity index (χ2n) is 7.45. The molecule has 0 aromatic rings. The van der Waals surface area contributed by atoms with Gasteiger partial charge in [-0.15, -0.1) is 0 Å². The zero-order chi connectivity index (χ0) is 16.3. The SMILES string of the molecule is CC1CCC(C(C)C)C(OCC(=O)NC2CC(C(=O)O)C2)C1. The molecular formula is C17H29NO4. The summed E-state index contributed by atoms with van der Waals surface area (Å²) < 4.78 is 5.90. The lowest BCUT2D eigenvalue weighted by Gasteiger charge is -2.37. The fraction of sp³-hybridized carbons (Fsp3) is 0.882. The zero-order valence-corrected chi connectivity index (χ0v) is 13.9. The summed E-state index contributed by atoms with van der Waals surface area (Å²) in [4.78, 5) is 22.7. The summed E-state index contributed by atoms with van der Waals surface area (Å²) in [5.41, 5.74) is 0. The number of hydrogen-bond donors (Lipinski definition) is 2. The summed E-state index contributed by atoms with van der Waals surface area (Å²) in [5.74, 6) is 0.585. The van der Waals surface area contributed by atoms with Gasteiger partial charge in [0, 0.05) is 6.04 Å². The lowest BCUT2D eigenvalue weighted by molar-refractivity contribution is -0.146. The van der Waals surface area contributed by atoms with Crippen molar-refractivity contribution in [2.24, 2.45) is 23.7 Å². The number of carbonyl (C=O) groups is 2. The predicted molar refractivity (Wildman–Crippen MR) is 83.4 cm³/mol. The van der Waals surface area contributed by atoms with Gasteiger partial charge < -0.3 is 15.2 Å². The highest BCUT2D eigenvalue weighted by Crippen LogP contribution is 2.35. The summed E-state index contributed by atoms with van der Waals surface area (Å²) in [6.07, 6.45) is 4.69. The van der Waals surface area contributed by atoms with E-state index in [0.29, 0.717) is 30.6 Å². The Morgan fingerprint density at radius 2 is 1.91 bits per heavy atom. The van der Waals surface area contributed by atoms with Crippen molar-refractivity contribution in [1.82, 2.24) is 5.32 Å². The Balaban J connectivity index is 1.72. The maximum Gasteiger partial charge on any atom is 0.306 e. The van der Waals surface area contributed by atoms with Gasteiger partial charge in [0.15, 0.2) is 0 Å². The van der Waals surface area contributed by atoms with Crippen LogP contribution in [0.15, 0.2) is 0 Å². The minimum absolute atomic E-state index is 0.00313. The number of ether oxygens (including phenoxy) is 1. The number of aliphatic carboxylic acids is 1. The van der Waals surface area contributed by atoms with Crippen LogP contribution in [0, 0.1) is 23.7 Å². The molecule has 3 atom stereocenters. The zero-order valence-electron chi connectivity index (χ0n) is 13.9. The van der Waals surface area contributed by atoms with Crippen molar-refractivity contribution >= 4 is 11.9 Å². The van der Waals surface area contributed by atoms with Crippen LogP contribution < -0.4 is 5.32 Å². The highest BCUT2D eigenvalue weighted by atomic mass is 16.5. The first-order chi connectivity index (χ1) is 10.4. The number of hydrogen-bond acceptors (Lipinski definition) is 3. The Labute approximate surface area is 132 Å². The average Bonchev–Trinajstić information content (AvgIpc) is 2.39. The maximum absolute atomic E-state index is 11.9. The topological polar surface area (TPSA) is 75.6 Å². The standard InChI is InChI=1S/C17H29NO4/c1-10(2)14-5-4-11(3)6-15(14)22-9-16(19)18-13-7-12(8-13)17(20)21/h10-15H,4-9H2,1-3H3,(H,18,19)(H,20,21). The van der Waals surface area contributed by atoms with E-state index in [2.05, 4.69) is 26.1 Å². The number of nitrogens with one attached hydrogen (secondary N) is 1. The third-order valence-corrected chi connectivity index (χ3v) is 5.24. The Morgan fingerprint density at radius 3 is 2.50 bits per heavy atom. The molecule has 126 valence electrons. The van der Waals surface area contributed by atoms with E-state index in [9.17, 15) is 9.59 Å². The number of rotatable bonds is 6. The fourth-order valence-electron chi connectivity index (χ4n) is 3.70. The minimum atomic E-state index is -0.766. The van der Waals surface area contributed by atoms with Gasteiger partial charge in [-0.3, -0.25) is 9.59 Å². The second kappa shape index (κ2) is 7.44. The van der Waals surface area contributed by atoms with Gasteiger partial charge in [-0.25, -0.2) is 0 Å². The van der Waals surface area contributed by atoms with Gasteiger partial charge in [-0.1, -0.05) is 27.2 Å². The molecule has 5 nitrogen and oxygen atoms in total. The van der Waals surface area contributed by atoms with E-state index in [0.717, 1.165) is 6.42 Å². The molecule has 0 heterocycles. The van der Waals surface area contributed by atoms with Crippen LogP contribution in [0.1, 0.15) is 52.9 Å². The Hall–Kier alpha value is -1.10. The largest absolute Gasteiger partial charge is 0.481 e. The summed E-state index contributed by atoms with van der Waals surface area (Å²) in [7, 11) is 0. The van der Waals surface area contributed by atoms with Crippen molar-refractivity contribution in [3.63, 3.8) is 0 Å². The van der Waals surface area contributed by atoms with E-state index in [-0.39, 0.29) is 30.6 Å². The van der Waals surface area contributed by atoms with Crippen LogP contribution in [0.2, 0.25) is 0 Å². The molecule has 0 bridgehead atoms. The highest BCUT2D eigenvalue weighted by Gasteiger charge is 2.36. The number of carboxylic acids is 1. The fourth-order valence-corrected chi connectivity index (χ4v) is 3.70. The number of amides is 1. The summed E-state index contributed by atoms with van der Waals surface area (Å²) in [6.45, 7) is 6.78. The quantitative estimate of drug-likeness (QED) is 0.790. The molecule has 2 aliphatic carbocycles. The maximum atomic E-state index is 11.9. The van der Waals surface area contributed by atoms with Crippen molar-refractivity contribution in [1.29, 1.82) is 0 Å². The van der Waals surface area contributed by atoms with Crippen LogP contribution >= 0.6 is 0 Å².